The van der Waals surface area contributed by atoms with Crippen molar-refractivity contribution < 1.29 is 4.74 Å². The van der Waals surface area contributed by atoms with E-state index in [1.807, 2.05) is 6.20 Å². The van der Waals surface area contributed by atoms with Gasteiger partial charge in [-0.2, -0.15) is 0 Å². The van der Waals surface area contributed by atoms with Crippen LogP contribution in [0.1, 0.15) is 0 Å². The van der Waals surface area contributed by atoms with Gasteiger partial charge in [0, 0.05) is 39.3 Å². The van der Waals surface area contributed by atoms with E-state index in [9.17, 15) is 0 Å². The van der Waals surface area contributed by atoms with Gasteiger partial charge in [0.05, 0.1) is 28.1 Å². The normalized spacial score (nSPS) is 13.5. The number of rotatable bonds is 4. The Hall–Kier alpha value is -7.73. The SMILES string of the molecule is C[Si]1(C)c2ccccc2-c2cc3ccc(-n4c5ccccc5c5cc(-c6ccc7c(c6)Oc6cc(-c8nccc9ccccc89)ccc6N7c6ccccc6)ccc54)cc3cc21. The first-order chi connectivity index (χ1) is 30.5. The van der Waals surface area contributed by atoms with Gasteiger partial charge < -0.3 is 14.2 Å². The fourth-order valence-electron chi connectivity index (χ4n) is 10.3. The Morgan fingerprint density at radius 3 is 2.00 bits per heavy atom. The first-order valence-corrected chi connectivity index (χ1v) is 24.4. The maximum absolute atomic E-state index is 6.91. The number of anilines is 3. The summed E-state index contributed by atoms with van der Waals surface area (Å²) in [5.41, 5.74) is 13.6. The third-order valence-corrected chi connectivity index (χ3v) is 16.9. The Morgan fingerprint density at radius 1 is 0.435 bits per heavy atom. The van der Waals surface area contributed by atoms with Crippen molar-refractivity contribution in [1.82, 2.24) is 9.55 Å². The van der Waals surface area contributed by atoms with Crippen LogP contribution in [0.3, 0.4) is 0 Å². The van der Waals surface area contributed by atoms with Gasteiger partial charge >= 0.3 is 0 Å². The van der Waals surface area contributed by atoms with Gasteiger partial charge in [-0.05, 0) is 128 Å². The lowest BCUT2D eigenvalue weighted by Gasteiger charge is -2.33. The van der Waals surface area contributed by atoms with Crippen LogP contribution in [0.2, 0.25) is 13.1 Å². The predicted molar refractivity (Wildman–Crippen MR) is 261 cm³/mol. The summed E-state index contributed by atoms with van der Waals surface area (Å²) in [6.45, 7) is 4.98. The minimum atomic E-state index is -1.80. The Morgan fingerprint density at radius 2 is 1.13 bits per heavy atom. The number of para-hydroxylation sites is 2. The average Bonchev–Trinajstić information content (AvgIpc) is 3.77. The molecule has 11 aromatic rings. The van der Waals surface area contributed by atoms with E-state index < -0.39 is 8.07 Å². The molecule has 0 radical (unpaired) electrons. The third-order valence-electron chi connectivity index (χ3n) is 13.4. The van der Waals surface area contributed by atoms with E-state index in [4.69, 9.17) is 9.72 Å². The number of nitrogens with zero attached hydrogens (tertiary/aromatic N) is 3. The zero-order valence-electron chi connectivity index (χ0n) is 34.3. The van der Waals surface area contributed by atoms with Crippen molar-refractivity contribution in [2.75, 3.05) is 4.90 Å². The standard InChI is InChI=1S/C57H39N3OSi/c1-62(2)55-19-11-9-17-46(55)48-32-38-20-24-43(30-41(38)35-56(48)62)60-49-18-10-8-16-45(49)47-31-37(21-25-50(47)60)39-22-26-51-53(33-39)61-54-34-40(57-44-15-7-6-12-36(44)28-29-58-57)23-27-52(54)59(51)42-13-4-3-5-14-42/h3-35H,1-2H3. The summed E-state index contributed by atoms with van der Waals surface area (Å²) in [5.74, 6) is 1.60. The predicted octanol–water partition coefficient (Wildman–Crippen LogP) is 14.2. The van der Waals surface area contributed by atoms with Crippen molar-refractivity contribution in [2.24, 2.45) is 0 Å². The fraction of sp³-hybridized carbons (Fsp3) is 0.0351. The number of hydrogen-bond donors (Lipinski definition) is 0. The summed E-state index contributed by atoms with van der Waals surface area (Å²) in [5, 5.41) is 10.4. The highest BCUT2D eigenvalue weighted by Gasteiger charge is 2.37. The van der Waals surface area contributed by atoms with Gasteiger partial charge in [-0.25, -0.2) is 0 Å². The molecule has 4 nitrogen and oxygen atoms in total. The maximum Gasteiger partial charge on any atom is 0.152 e. The van der Waals surface area contributed by atoms with Gasteiger partial charge in [-0.3, -0.25) is 4.98 Å². The lowest BCUT2D eigenvalue weighted by atomic mass is 10.00. The number of benzene rings is 9. The number of aromatic nitrogens is 2. The largest absolute Gasteiger partial charge is 0.453 e. The Kier molecular flexibility index (Phi) is 7.43. The number of pyridine rings is 1. The molecule has 0 bridgehead atoms. The molecule has 292 valence electrons. The van der Waals surface area contributed by atoms with Crippen LogP contribution in [-0.4, -0.2) is 17.6 Å². The topological polar surface area (TPSA) is 30.3 Å². The fourth-order valence-corrected chi connectivity index (χ4v) is 13.4. The zero-order chi connectivity index (χ0) is 41.1. The summed E-state index contributed by atoms with van der Waals surface area (Å²) >= 11 is 0. The average molecular weight is 810 g/mol. The van der Waals surface area contributed by atoms with Crippen molar-refractivity contribution in [1.29, 1.82) is 0 Å². The number of fused-ring (bicyclic) bond motifs is 10. The lowest BCUT2D eigenvalue weighted by Crippen LogP contribution is -2.49. The second-order valence-electron chi connectivity index (χ2n) is 17.2. The summed E-state index contributed by atoms with van der Waals surface area (Å²) in [6.07, 6.45) is 1.89. The Bertz CT molecular complexity index is 3660. The summed E-state index contributed by atoms with van der Waals surface area (Å²) in [7, 11) is -1.80. The monoisotopic (exact) mass is 809 g/mol. The van der Waals surface area contributed by atoms with Crippen molar-refractivity contribution >= 4 is 78.9 Å². The van der Waals surface area contributed by atoms with Crippen LogP contribution >= 0.6 is 0 Å². The van der Waals surface area contributed by atoms with E-state index in [0.717, 1.165) is 61.7 Å². The van der Waals surface area contributed by atoms with Crippen LogP contribution in [0.4, 0.5) is 17.1 Å². The highest BCUT2D eigenvalue weighted by Crippen LogP contribution is 2.52. The van der Waals surface area contributed by atoms with Gasteiger partial charge in [-0.15, -0.1) is 0 Å². The smallest absolute Gasteiger partial charge is 0.152 e. The molecule has 0 saturated carbocycles. The molecule has 2 aliphatic heterocycles. The molecule has 0 spiro atoms. The van der Waals surface area contributed by atoms with Crippen LogP contribution in [0, 0.1) is 0 Å². The second-order valence-corrected chi connectivity index (χ2v) is 21.5. The molecule has 62 heavy (non-hydrogen) atoms. The van der Waals surface area contributed by atoms with Crippen molar-refractivity contribution in [3.05, 3.63) is 200 Å². The van der Waals surface area contributed by atoms with E-state index in [-0.39, 0.29) is 0 Å². The molecule has 5 heteroatoms. The maximum atomic E-state index is 6.91. The molecule has 0 amide bonds. The molecule has 9 aromatic carbocycles. The Balaban J connectivity index is 0.919. The van der Waals surface area contributed by atoms with Crippen LogP contribution in [0.15, 0.2) is 200 Å². The van der Waals surface area contributed by atoms with Crippen LogP contribution < -0.4 is 20.0 Å². The number of ether oxygens (including phenoxy) is 1. The van der Waals surface area contributed by atoms with Crippen molar-refractivity contribution in [3.8, 4) is 50.7 Å². The van der Waals surface area contributed by atoms with Crippen LogP contribution in [0.25, 0.3) is 82.5 Å². The summed E-state index contributed by atoms with van der Waals surface area (Å²) in [6, 6.07) is 70.7. The molecular weight excluding hydrogens is 771 g/mol. The van der Waals surface area contributed by atoms with Gasteiger partial charge in [0.2, 0.25) is 0 Å². The second kappa shape index (κ2) is 13.1. The van der Waals surface area contributed by atoms with Crippen LogP contribution in [0.5, 0.6) is 11.5 Å². The molecule has 2 aliphatic rings. The number of hydrogen-bond acceptors (Lipinski definition) is 3. The van der Waals surface area contributed by atoms with Crippen molar-refractivity contribution in [2.45, 2.75) is 13.1 Å². The first kappa shape index (κ1) is 35.1. The van der Waals surface area contributed by atoms with Gasteiger partial charge in [-0.1, -0.05) is 128 Å². The van der Waals surface area contributed by atoms with Gasteiger partial charge in [0.15, 0.2) is 11.5 Å². The molecule has 0 saturated heterocycles. The van der Waals surface area contributed by atoms with E-state index >= 15 is 0 Å². The summed E-state index contributed by atoms with van der Waals surface area (Å²) in [4.78, 5) is 7.14. The highest BCUT2D eigenvalue weighted by molar-refractivity contribution is 7.04. The van der Waals surface area contributed by atoms with Crippen LogP contribution in [-0.2, 0) is 0 Å². The molecule has 2 aromatic heterocycles. The van der Waals surface area contributed by atoms with E-state index in [1.165, 1.54) is 59.8 Å². The lowest BCUT2D eigenvalue weighted by molar-refractivity contribution is 0.477. The quantitative estimate of drug-likeness (QED) is 0.166. The molecule has 0 atom stereocenters. The van der Waals surface area contributed by atoms with Gasteiger partial charge in [0.1, 0.15) is 8.07 Å². The van der Waals surface area contributed by atoms with E-state index in [0.29, 0.717) is 0 Å². The Labute approximate surface area is 360 Å². The highest BCUT2D eigenvalue weighted by atomic mass is 28.3. The van der Waals surface area contributed by atoms with Gasteiger partial charge in [0.25, 0.3) is 0 Å². The molecule has 4 heterocycles. The molecule has 13 rings (SSSR count). The summed E-state index contributed by atoms with van der Waals surface area (Å²) < 4.78 is 9.34. The third kappa shape index (κ3) is 5.15. The molecule has 0 aliphatic carbocycles. The minimum Gasteiger partial charge on any atom is -0.453 e. The molecular formula is C57H39N3OSi. The van der Waals surface area contributed by atoms with E-state index in [2.05, 4.69) is 217 Å². The molecule has 0 N–H and O–H groups in total. The first-order valence-electron chi connectivity index (χ1n) is 21.4. The van der Waals surface area contributed by atoms with E-state index in [1.54, 1.807) is 0 Å². The van der Waals surface area contributed by atoms with Crippen molar-refractivity contribution in [3.63, 3.8) is 0 Å². The molecule has 0 fully saturated rings. The zero-order valence-corrected chi connectivity index (χ0v) is 35.3. The minimum absolute atomic E-state index is 0.792. The molecule has 0 unspecified atom stereocenters.